The van der Waals surface area contributed by atoms with E-state index in [0.29, 0.717) is 34.4 Å². The van der Waals surface area contributed by atoms with E-state index in [9.17, 15) is 9.59 Å². The molecule has 0 spiro atoms. The number of hydrogen-bond acceptors (Lipinski definition) is 6. The Bertz CT molecular complexity index is 895. The molecule has 2 aromatic carbocycles. The minimum Gasteiger partial charge on any atom is -0.493 e. The number of benzene rings is 2. The Balaban J connectivity index is 1.95. The number of anilines is 1. The molecule has 160 valence electrons. The highest BCUT2D eigenvalue weighted by Gasteiger charge is 2.12. The van der Waals surface area contributed by atoms with E-state index in [1.54, 1.807) is 18.2 Å². The maximum Gasteiger partial charge on any atom is 0.331 e. The molecule has 0 aliphatic rings. The summed E-state index contributed by atoms with van der Waals surface area (Å²) in [7, 11) is 4.53. The molecule has 0 aliphatic heterocycles. The molecule has 2 aromatic rings. The van der Waals surface area contributed by atoms with Crippen LogP contribution in [0.25, 0.3) is 6.08 Å². The van der Waals surface area contributed by atoms with Crippen molar-refractivity contribution in [3.05, 3.63) is 53.6 Å². The van der Waals surface area contributed by atoms with E-state index in [0.717, 1.165) is 5.56 Å². The van der Waals surface area contributed by atoms with E-state index in [1.807, 2.05) is 18.2 Å². The van der Waals surface area contributed by atoms with Crippen molar-refractivity contribution in [3.63, 3.8) is 0 Å². The molecule has 30 heavy (non-hydrogen) atoms. The first-order valence-electron chi connectivity index (χ1n) is 9.42. The Kier molecular flexibility index (Phi) is 8.29. The topological polar surface area (TPSA) is 83.1 Å². The smallest absolute Gasteiger partial charge is 0.331 e. The summed E-state index contributed by atoms with van der Waals surface area (Å²) in [6, 6.07) is 10.9. The lowest BCUT2D eigenvalue weighted by atomic mass is 10.0. The number of ether oxygens (including phenoxy) is 4. The van der Waals surface area contributed by atoms with Gasteiger partial charge in [0, 0.05) is 11.8 Å². The standard InChI is InChI=1S/C23H27NO6/c1-15(2)17-7-6-8-18(13-17)24-21(25)14-30-22(26)10-9-16-11-19(27-3)23(29-5)20(12-16)28-4/h6-13,15H,14H2,1-5H3,(H,24,25). The fourth-order valence-electron chi connectivity index (χ4n) is 2.72. The largest absolute Gasteiger partial charge is 0.493 e. The van der Waals surface area contributed by atoms with E-state index in [1.165, 1.54) is 33.5 Å². The van der Waals surface area contributed by atoms with Gasteiger partial charge in [-0.15, -0.1) is 0 Å². The van der Waals surface area contributed by atoms with Crippen LogP contribution in [0.4, 0.5) is 5.69 Å². The molecule has 0 aromatic heterocycles. The van der Waals surface area contributed by atoms with Gasteiger partial charge in [0.2, 0.25) is 5.75 Å². The van der Waals surface area contributed by atoms with Gasteiger partial charge in [-0.2, -0.15) is 0 Å². The van der Waals surface area contributed by atoms with Gasteiger partial charge in [0.1, 0.15) is 0 Å². The summed E-state index contributed by atoms with van der Waals surface area (Å²) < 4.78 is 20.8. The number of rotatable bonds is 9. The van der Waals surface area contributed by atoms with Gasteiger partial charge in [-0.25, -0.2) is 4.79 Å². The van der Waals surface area contributed by atoms with Crippen LogP contribution >= 0.6 is 0 Å². The Morgan fingerprint density at radius 2 is 1.67 bits per heavy atom. The van der Waals surface area contributed by atoms with Crippen molar-refractivity contribution in [2.75, 3.05) is 33.3 Å². The number of carbonyl (C=O) groups excluding carboxylic acids is 2. The molecule has 0 saturated carbocycles. The number of nitrogens with one attached hydrogen (secondary N) is 1. The third kappa shape index (κ3) is 6.27. The average Bonchev–Trinajstić information content (AvgIpc) is 2.75. The molecule has 0 heterocycles. The molecular weight excluding hydrogens is 386 g/mol. The Morgan fingerprint density at radius 1 is 1.00 bits per heavy atom. The van der Waals surface area contributed by atoms with E-state index >= 15 is 0 Å². The van der Waals surface area contributed by atoms with Crippen LogP contribution in [0, 0.1) is 0 Å². The molecular formula is C23H27NO6. The Hall–Kier alpha value is -3.48. The lowest BCUT2D eigenvalue weighted by molar-refractivity contribution is -0.142. The van der Waals surface area contributed by atoms with E-state index < -0.39 is 11.9 Å². The number of carbonyl (C=O) groups is 2. The monoisotopic (exact) mass is 413 g/mol. The van der Waals surface area contributed by atoms with Crippen LogP contribution < -0.4 is 19.5 Å². The van der Waals surface area contributed by atoms with Crippen molar-refractivity contribution in [3.8, 4) is 17.2 Å². The van der Waals surface area contributed by atoms with Crippen molar-refractivity contribution in [2.45, 2.75) is 19.8 Å². The second-order valence-corrected chi connectivity index (χ2v) is 6.73. The molecule has 0 bridgehead atoms. The maximum absolute atomic E-state index is 12.1. The van der Waals surface area contributed by atoms with Crippen molar-refractivity contribution < 1.29 is 28.5 Å². The van der Waals surface area contributed by atoms with Crippen molar-refractivity contribution in [1.29, 1.82) is 0 Å². The first-order chi connectivity index (χ1) is 14.4. The highest BCUT2D eigenvalue weighted by atomic mass is 16.5. The summed E-state index contributed by atoms with van der Waals surface area (Å²) in [4.78, 5) is 24.0. The first-order valence-corrected chi connectivity index (χ1v) is 9.42. The second kappa shape index (κ2) is 10.9. The Labute approximate surface area is 176 Å². The molecule has 0 unspecified atom stereocenters. The third-order valence-corrected chi connectivity index (χ3v) is 4.28. The minimum absolute atomic E-state index is 0.347. The fraction of sp³-hybridized carbons (Fsp3) is 0.304. The number of esters is 1. The predicted octanol–water partition coefficient (Wildman–Crippen LogP) is 4.03. The van der Waals surface area contributed by atoms with Crippen molar-refractivity contribution in [2.24, 2.45) is 0 Å². The van der Waals surface area contributed by atoms with E-state index in [4.69, 9.17) is 18.9 Å². The molecule has 0 radical (unpaired) electrons. The van der Waals surface area contributed by atoms with Gasteiger partial charge in [0.05, 0.1) is 21.3 Å². The van der Waals surface area contributed by atoms with Crippen molar-refractivity contribution in [1.82, 2.24) is 0 Å². The molecule has 0 atom stereocenters. The lowest BCUT2D eigenvalue weighted by Gasteiger charge is -2.12. The average molecular weight is 413 g/mol. The summed E-state index contributed by atoms with van der Waals surface area (Å²) in [5.41, 5.74) is 2.42. The summed E-state index contributed by atoms with van der Waals surface area (Å²) in [5, 5.41) is 2.72. The van der Waals surface area contributed by atoms with Crippen LogP contribution in [0.2, 0.25) is 0 Å². The first kappa shape index (κ1) is 22.8. The molecule has 1 N–H and O–H groups in total. The van der Waals surface area contributed by atoms with Gasteiger partial charge >= 0.3 is 5.97 Å². The molecule has 0 saturated heterocycles. The molecule has 0 aliphatic carbocycles. The molecule has 1 amide bonds. The van der Waals surface area contributed by atoms with E-state index in [2.05, 4.69) is 19.2 Å². The summed E-state index contributed by atoms with van der Waals surface area (Å²) in [6.45, 7) is 3.76. The van der Waals surface area contributed by atoms with Crippen LogP contribution in [0.3, 0.4) is 0 Å². The fourth-order valence-corrected chi connectivity index (χ4v) is 2.72. The molecule has 7 nitrogen and oxygen atoms in total. The maximum atomic E-state index is 12.1. The summed E-state index contributed by atoms with van der Waals surface area (Å²) in [5.74, 6) is 0.680. The number of amides is 1. The predicted molar refractivity (Wildman–Crippen MR) is 115 cm³/mol. The zero-order chi connectivity index (χ0) is 22.1. The van der Waals surface area contributed by atoms with Gasteiger partial charge in [-0.3, -0.25) is 4.79 Å². The summed E-state index contributed by atoms with van der Waals surface area (Å²) >= 11 is 0. The lowest BCUT2D eigenvalue weighted by Crippen LogP contribution is -2.20. The van der Waals surface area contributed by atoms with Gasteiger partial charge in [0.25, 0.3) is 5.91 Å². The summed E-state index contributed by atoms with van der Waals surface area (Å²) in [6.07, 6.45) is 2.77. The molecule has 2 rings (SSSR count). The number of hydrogen-bond donors (Lipinski definition) is 1. The SMILES string of the molecule is COc1cc(C=CC(=O)OCC(=O)Nc2cccc(C(C)C)c2)cc(OC)c1OC. The van der Waals surface area contributed by atoms with Crippen LogP contribution in [-0.2, 0) is 14.3 Å². The van der Waals surface area contributed by atoms with E-state index in [-0.39, 0.29) is 6.61 Å². The third-order valence-electron chi connectivity index (χ3n) is 4.28. The van der Waals surface area contributed by atoms with Gasteiger partial charge in [-0.1, -0.05) is 26.0 Å². The second-order valence-electron chi connectivity index (χ2n) is 6.73. The minimum atomic E-state index is -0.644. The number of methoxy groups -OCH3 is 3. The van der Waals surface area contributed by atoms with Crippen LogP contribution in [-0.4, -0.2) is 39.8 Å². The van der Waals surface area contributed by atoms with Gasteiger partial charge < -0.3 is 24.3 Å². The normalized spacial score (nSPS) is 10.7. The molecule has 7 heteroatoms. The van der Waals surface area contributed by atoms with Crippen LogP contribution in [0.5, 0.6) is 17.2 Å². The van der Waals surface area contributed by atoms with Gasteiger partial charge in [0.15, 0.2) is 18.1 Å². The highest BCUT2D eigenvalue weighted by Crippen LogP contribution is 2.38. The quantitative estimate of drug-likeness (QED) is 0.494. The van der Waals surface area contributed by atoms with Crippen LogP contribution in [0.1, 0.15) is 30.9 Å². The zero-order valence-corrected chi connectivity index (χ0v) is 17.9. The van der Waals surface area contributed by atoms with Gasteiger partial charge in [-0.05, 0) is 47.4 Å². The van der Waals surface area contributed by atoms with Crippen molar-refractivity contribution >= 4 is 23.6 Å². The Morgan fingerprint density at radius 3 is 2.23 bits per heavy atom. The van der Waals surface area contributed by atoms with Crippen LogP contribution in [0.15, 0.2) is 42.5 Å². The highest BCUT2D eigenvalue weighted by molar-refractivity contribution is 5.94. The molecule has 0 fully saturated rings. The zero-order valence-electron chi connectivity index (χ0n) is 17.9.